The third-order valence-corrected chi connectivity index (χ3v) is 4.39. The highest BCUT2D eigenvalue weighted by molar-refractivity contribution is 6.10. The highest BCUT2D eigenvalue weighted by Crippen LogP contribution is 2.36. The normalized spacial score (nSPS) is 15.5. The molecule has 1 aliphatic rings. The van der Waals surface area contributed by atoms with Gasteiger partial charge in [-0.25, -0.2) is 0 Å². The summed E-state index contributed by atoms with van der Waals surface area (Å²) < 4.78 is 11.5. The van der Waals surface area contributed by atoms with Gasteiger partial charge in [0, 0.05) is 23.2 Å². The summed E-state index contributed by atoms with van der Waals surface area (Å²) in [7, 11) is 0. The Hall–Kier alpha value is -3.26. The first-order chi connectivity index (χ1) is 13.0. The molecule has 1 heterocycles. The van der Waals surface area contributed by atoms with Crippen LogP contribution in [0.2, 0.25) is 0 Å². The summed E-state index contributed by atoms with van der Waals surface area (Å²) in [4.78, 5) is 12.6. The molecule has 0 saturated heterocycles. The van der Waals surface area contributed by atoms with E-state index < -0.39 is 5.91 Å². The van der Waals surface area contributed by atoms with Crippen LogP contribution in [0.4, 0.5) is 5.69 Å². The number of nitriles is 1. The molecule has 0 fully saturated rings. The summed E-state index contributed by atoms with van der Waals surface area (Å²) in [5, 5.41) is 12.3. The zero-order valence-corrected chi connectivity index (χ0v) is 15.7. The van der Waals surface area contributed by atoms with E-state index in [0.717, 1.165) is 23.3 Å². The van der Waals surface area contributed by atoms with Crippen molar-refractivity contribution in [1.29, 1.82) is 5.26 Å². The highest BCUT2D eigenvalue weighted by Gasteiger charge is 2.22. The van der Waals surface area contributed by atoms with Gasteiger partial charge in [-0.15, -0.1) is 0 Å². The lowest BCUT2D eigenvalue weighted by atomic mass is 10.0. The van der Waals surface area contributed by atoms with Crippen molar-refractivity contribution >= 4 is 17.7 Å². The first kappa shape index (κ1) is 18.5. The van der Waals surface area contributed by atoms with Gasteiger partial charge in [-0.3, -0.25) is 4.79 Å². The van der Waals surface area contributed by atoms with Crippen molar-refractivity contribution in [2.24, 2.45) is 0 Å². The predicted molar refractivity (Wildman–Crippen MR) is 105 cm³/mol. The fourth-order valence-electron chi connectivity index (χ4n) is 3.06. The molecule has 2 aromatic carbocycles. The van der Waals surface area contributed by atoms with Crippen LogP contribution < -0.4 is 14.8 Å². The van der Waals surface area contributed by atoms with E-state index in [1.807, 2.05) is 57.2 Å². The van der Waals surface area contributed by atoms with Crippen molar-refractivity contribution in [3.8, 4) is 17.6 Å². The number of fused-ring (bicyclic) bond motifs is 1. The SMILES string of the molecule is CCOc1cc2c(cc1/C=C(\C#N)C(=O)Nc1ccccc1C)O[C@@H](C)C2. The largest absolute Gasteiger partial charge is 0.493 e. The van der Waals surface area contributed by atoms with Gasteiger partial charge in [-0.2, -0.15) is 5.26 Å². The lowest BCUT2D eigenvalue weighted by molar-refractivity contribution is -0.112. The molecule has 138 valence electrons. The second-order valence-corrected chi connectivity index (χ2v) is 6.50. The van der Waals surface area contributed by atoms with E-state index in [-0.39, 0.29) is 11.7 Å². The van der Waals surface area contributed by atoms with Crippen molar-refractivity contribution in [2.45, 2.75) is 33.3 Å². The lowest BCUT2D eigenvalue weighted by Gasteiger charge is -2.11. The number of benzene rings is 2. The Bertz CT molecular complexity index is 941. The van der Waals surface area contributed by atoms with Gasteiger partial charge in [0.15, 0.2) is 0 Å². The maximum absolute atomic E-state index is 12.6. The summed E-state index contributed by atoms with van der Waals surface area (Å²) in [6.07, 6.45) is 2.47. The van der Waals surface area contributed by atoms with Gasteiger partial charge in [0.25, 0.3) is 5.91 Å². The number of hydrogen-bond donors (Lipinski definition) is 1. The van der Waals surface area contributed by atoms with Crippen molar-refractivity contribution in [1.82, 2.24) is 0 Å². The molecule has 1 atom stereocenters. The maximum Gasteiger partial charge on any atom is 0.266 e. The topological polar surface area (TPSA) is 71.3 Å². The monoisotopic (exact) mass is 362 g/mol. The van der Waals surface area contributed by atoms with Crippen LogP contribution in [0, 0.1) is 18.3 Å². The molecule has 5 heteroatoms. The smallest absolute Gasteiger partial charge is 0.266 e. The zero-order chi connectivity index (χ0) is 19.4. The highest BCUT2D eigenvalue weighted by atomic mass is 16.5. The Labute approximate surface area is 159 Å². The number of para-hydroxylation sites is 1. The second kappa shape index (κ2) is 7.96. The van der Waals surface area contributed by atoms with Gasteiger partial charge in [0.2, 0.25) is 0 Å². The molecule has 0 aromatic heterocycles. The second-order valence-electron chi connectivity index (χ2n) is 6.50. The average Bonchev–Trinajstić information content (AvgIpc) is 3.00. The van der Waals surface area contributed by atoms with Gasteiger partial charge in [-0.05, 0) is 50.6 Å². The molecule has 27 heavy (non-hydrogen) atoms. The number of hydrogen-bond acceptors (Lipinski definition) is 4. The fourth-order valence-corrected chi connectivity index (χ4v) is 3.06. The molecular formula is C22H22N2O3. The number of aryl methyl sites for hydroxylation is 1. The maximum atomic E-state index is 12.6. The Balaban J connectivity index is 1.93. The van der Waals surface area contributed by atoms with E-state index in [1.54, 1.807) is 12.1 Å². The number of nitrogens with one attached hydrogen (secondary N) is 1. The van der Waals surface area contributed by atoms with E-state index >= 15 is 0 Å². The van der Waals surface area contributed by atoms with Gasteiger partial charge in [0.1, 0.15) is 29.2 Å². The van der Waals surface area contributed by atoms with Crippen molar-refractivity contribution < 1.29 is 14.3 Å². The molecule has 0 spiro atoms. The lowest BCUT2D eigenvalue weighted by Crippen LogP contribution is -2.14. The van der Waals surface area contributed by atoms with Crippen molar-refractivity contribution in [2.75, 3.05) is 11.9 Å². The van der Waals surface area contributed by atoms with Crippen LogP contribution >= 0.6 is 0 Å². The zero-order valence-electron chi connectivity index (χ0n) is 15.7. The first-order valence-electron chi connectivity index (χ1n) is 8.97. The minimum atomic E-state index is -0.455. The standard InChI is InChI=1S/C22H22N2O3/c1-4-26-20-11-16-9-15(3)27-21(16)12-17(20)10-18(13-23)22(25)24-19-8-6-5-7-14(19)2/h5-8,10-12,15H,4,9H2,1-3H3,(H,24,25)/b18-10+/t15-/m0/s1. The van der Waals surface area contributed by atoms with Crippen LogP contribution in [0.5, 0.6) is 11.5 Å². The van der Waals surface area contributed by atoms with Crippen LogP contribution in [-0.2, 0) is 11.2 Å². The van der Waals surface area contributed by atoms with Gasteiger partial charge in [0.05, 0.1) is 6.61 Å². The number of amides is 1. The summed E-state index contributed by atoms with van der Waals surface area (Å²) in [6, 6.07) is 13.2. The molecule has 0 saturated carbocycles. The summed E-state index contributed by atoms with van der Waals surface area (Å²) in [6.45, 7) is 6.30. The quantitative estimate of drug-likeness (QED) is 0.637. The van der Waals surface area contributed by atoms with Gasteiger partial charge >= 0.3 is 0 Å². The Morgan fingerprint density at radius 2 is 2.19 bits per heavy atom. The van der Waals surface area contributed by atoms with E-state index in [2.05, 4.69) is 5.32 Å². The number of carbonyl (C=O) groups excluding carboxylic acids is 1. The first-order valence-corrected chi connectivity index (χ1v) is 8.97. The van der Waals surface area contributed by atoms with Crippen molar-refractivity contribution in [3.63, 3.8) is 0 Å². The third kappa shape index (κ3) is 4.12. The van der Waals surface area contributed by atoms with E-state index in [1.165, 1.54) is 0 Å². The fraction of sp³-hybridized carbons (Fsp3) is 0.273. The molecule has 1 amide bonds. The Morgan fingerprint density at radius 1 is 1.41 bits per heavy atom. The molecule has 0 radical (unpaired) electrons. The van der Waals surface area contributed by atoms with Crippen LogP contribution in [0.25, 0.3) is 6.08 Å². The summed E-state index contributed by atoms with van der Waals surface area (Å²) >= 11 is 0. The summed E-state index contributed by atoms with van der Waals surface area (Å²) in [5.41, 5.74) is 3.34. The molecule has 3 rings (SSSR count). The van der Waals surface area contributed by atoms with Crippen LogP contribution in [0.3, 0.4) is 0 Å². The van der Waals surface area contributed by atoms with Crippen LogP contribution in [0.15, 0.2) is 42.0 Å². The van der Waals surface area contributed by atoms with Crippen molar-refractivity contribution in [3.05, 3.63) is 58.7 Å². The number of anilines is 1. The molecule has 1 aliphatic heterocycles. The molecule has 5 nitrogen and oxygen atoms in total. The Kier molecular flexibility index (Phi) is 5.46. The number of ether oxygens (including phenoxy) is 2. The molecule has 0 bridgehead atoms. The number of nitrogens with zero attached hydrogens (tertiary/aromatic N) is 1. The van der Waals surface area contributed by atoms with E-state index in [4.69, 9.17) is 9.47 Å². The van der Waals surface area contributed by atoms with Crippen LogP contribution in [0.1, 0.15) is 30.5 Å². The molecule has 1 N–H and O–H groups in total. The molecule has 0 unspecified atom stereocenters. The molecule has 0 aliphatic carbocycles. The average molecular weight is 362 g/mol. The number of carbonyl (C=O) groups is 1. The number of rotatable bonds is 5. The van der Waals surface area contributed by atoms with E-state index in [9.17, 15) is 10.1 Å². The Morgan fingerprint density at radius 3 is 2.89 bits per heavy atom. The predicted octanol–water partition coefficient (Wildman–Crippen LogP) is 4.26. The minimum Gasteiger partial charge on any atom is -0.493 e. The summed E-state index contributed by atoms with van der Waals surface area (Å²) in [5.74, 6) is 0.961. The molecule has 2 aromatic rings. The minimum absolute atomic E-state index is 0.00482. The van der Waals surface area contributed by atoms with Crippen LogP contribution in [-0.4, -0.2) is 18.6 Å². The van der Waals surface area contributed by atoms with Gasteiger partial charge < -0.3 is 14.8 Å². The molecular weight excluding hydrogens is 340 g/mol. The third-order valence-electron chi connectivity index (χ3n) is 4.39. The van der Waals surface area contributed by atoms with E-state index in [0.29, 0.717) is 23.6 Å². The van der Waals surface area contributed by atoms with Gasteiger partial charge in [-0.1, -0.05) is 18.2 Å².